The number of unbranched alkanes of at least 4 members (excludes halogenated alkanes) is 3. The summed E-state index contributed by atoms with van der Waals surface area (Å²) in [4.78, 5) is 186. The van der Waals surface area contributed by atoms with E-state index in [2.05, 4.69) is 72.4 Å². The Kier molecular flexibility index (Phi) is 73.6. The van der Waals surface area contributed by atoms with E-state index in [4.69, 9.17) is 98.5 Å². The molecular weight excluding hydrogens is 1590 g/mol. The number of nitrogens with zero attached hydrogens (tertiary/aromatic N) is 2. The molecule has 0 saturated heterocycles. The lowest BCUT2D eigenvalue weighted by Gasteiger charge is -2.31. The second-order valence-corrected chi connectivity index (χ2v) is 26.1. The quantitative estimate of drug-likeness (QED) is 0.0241. The first-order valence-electron chi connectivity index (χ1n) is 38.6. The van der Waals surface area contributed by atoms with Crippen molar-refractivity contribution in [2.75, 3.05) is 172 Å². The second-order valence-electron chi connectivity index (χ2n) is 26.1. The monoisotopic (exact) mass is 1720 g/mol. The van der Waals surface area contributed by atoms with Gasteiger partial charge in [0.1, 0.15) is 99.1 Å². The zero-order chi connectivity index (χ0) is 92.9. The molecule has 0 aliphatic heterocycles. The zero-order valence-corrected chi connectivity index (χ0v) is 71.1. The summed E-state index contributed by atoms with van der Waals surface area (Å²) in [5.41, 5.74) is 10.4. The molecule has 0 atom stereocenters. The largest absolute Gasteiger partial charge is 0.465 e. The van der Waals surface area contributed by atoms with Crippen molar-refractivity contribution < 1.29 is 153 Å². The number of rotatable bonds is 66. The predicted molar refractivity (Wildman–Crippen MR) is 443 cm³/mol. The predicted octanol–water partition coefficient (Wildman–Crippen LogP) is 4.54. The normalized spacial score (nSPS) is 10.6. The van der Waals surface area contributed by atoms with Gasteiger partial charge in [-0.15, -0.1) is 0 Å². The second kappa shape index (κ2) is 75.1. The fourth-order valence-corrected chi connectivity index (χ4v) is 8.83. The third-order valence-electron chi connectivity index (χ3n) is 17.1. The van der Waals surface area contributed by atoms with Crippen LogP contribution in [0.2, 0.25) is 0 Å². The molecule has 0 aromatic carbocycles. The van der Waals surface area contributed by atoms with Crippen molar-refractivity contribution in [3.63, 3.8) is 0 Å². The molecule has 0 spiro atoms. The van der Waals surface area contributed by atoms with Crippen LogP contribution >= 0.6 is 0 Å². The van der Waals surface area contributed by atoms with Crippen LogP contribution in [0.15, 0.2) is 139 Å². The summed E-state index contributed by atoms with van der Waals surface area (Å²) in [5.74, 6) is -11.1. The topological polar surface area (TPSA) is 520 Å². The number of carbonyl (C=O) groups is 15. The van der Waals surface area contributed by atoms with Crippen LogP contribution in [0.4, 0.5) is 0 Å². The summed E-state index contributed by atoms with van der Waals surface area (Å²) < 4.78 is 79.2. The first-order chi connectivity index (χ1) is 57.7. The fourth-order valence-electron chi connectivity index (χ4n) is 8.83. The number of carbonyl (C=O) groups excluding carboxylic acids is 15. The van der Waals surface area contributed by atoms with Gasteiger partial charge in [-0.25, -0.2) is 52.7 Å². The molecule has 0 unspecified atom stereocenters. The van der Waals surface area contributed by atoms with Gasteiger partial charge in [0, 0.05) is 120 Å². The van der Waals surface area contributed by atoms with E-state index < -0.39 is 117 Å². The van der Waals surface area contributed by atoms with E-state index in [0.29, 0.717) is 64.8 Å². The highest BCUT2D eigenvalue weighted by molar-refractivity contribution is 5.85. The smallest absolute Gasteiger partial charge is 0.330 e. The van der Waals surface area contributed by atoms with E-state index in [1.165, 1.54) is 0 Å². The Labute approximate surface area is 710 Å². The van der Waals surface area contributed by atoms with Crippen LogP contribution in [0.1, 0.15) is 105 Å². The summed E-state index contributed by atoms with van der Waals surface area (Å²) in [7, 11) is 1.00. The van der Waals surface area contributed by atoms with E-state index in [1.807, 2.05) is 9.80 Å². The lowest BCUT2D eigenvalue weighted by atomic mass is 9.88. The van der Waals surface area contributed by atoms with Crippen molar-refractivity contribution in [1.29, 1.82) is 0 Å². The molecule has 0 aromatic heterocycles. The summed E-state index contributed by atoms with van der Waals surface area (Å²) >= 11 is 0. The Balaban J connectivity index is -0.00000121. The van der Waals surface area contributed by atoms with Gasteiger partial charge in [-0.05, 0) is 51.6 Å². The number of nitrogens with two attached hydrogens (primary N) is 3. The molecule has 0 aromatic rings. The zero-order valence-electron chi connectivity index (χ0n) is 71.1. The maximum absolute atomic E-state index is 13.4. The van der Waals surface area contributed by atoms with Crippen LogP contribution in [0.3, 0.4) is 0 Å². The van der Waals surface area contributed by atoms with Gasteiger partial charge in [0.25, 0.3) is 0 Å². The molecule has 0 saturated carbocycles. The Hall–Kier alpha value is -11.1. The minimum absolute atomic E-state index is 0.0802. The van der Waals surface area contributed by atoms with Crippen LogP contribution < -0.4 is 17.2 Å². The number of hydrogen-bond acceptors (Lipinski definition) is 37. The highest BCUT2D eigenvalue weighted by atomic mass is 16.6. The molecule has 37 heteroatoms. The van der Waals surface area contributed by atoms with Crippen LogP contribution in [0.25, 0.3) is 0 Å². The van der Waals surface area contributed by atoms with Gasteiger partial charge in [0.15, 0.2) is 0 Å². The number of esters is 15. The minimum Gasteiger partial charge on any atom is -0.465 e. The molecule has 37 nitrogen and oxygen atoms in total. The fraction of sp³-hybridized carbons (Fsp3) is 0.560. The molecule has 0 heterocycles. The van der Waals surface area contributed by atoms with Crippen LogP contribution in [0, 0.1) is 27.6 Å². The van der Waals surface area contributed by atoms with Gasteiger partial charge in [-0.1, -0.05) is 113 Å². The van der Waals surface area contributed by atoms with Crippen molar-refractivity contribution in [2.45, 2.75) is 105 Å². The van der Waals surface area contributed by atoms with Gasteiger partial charge < -0.3 is 108 Å². The molecule has 0 fully saturated rings. The summed E-state index contributed by atoms with van der Waals surface area (Å²) in [6.07, 6.45) is 13.7. The number of aliphatic hydroxyl groups excluding tert-OH is 2. The van der Waals surface area contributed by atoms with Gasteiger partial charge in [0.05, 0.1) is 59.9 Å². The molecule has 8 N–H and O–H groups in total. The van der Waals surface area contributed by atoms with E-state index >= 15 is 0 Å². The Morgan fingerprint density at radius 2 is 0.438 bits per heavy atom. The third-order valence-corrected chi connectivity index (χ3v) is 17.1. The van der Waals surface area contributed by atoms with Crippen LogP contribution in [-0.4, -0.2) is 281 Å². The Bertz CT molecular complexity index is 3000. The van der Waals surface area contributed by atoms with Crippen molar-refractivity contribution in [3.8, 4) is 0 Å². The number of ether oxygens (including phenoxy) is 15. The van der Waals surface area contributed by atoms with Crippen LogP contribution in [0.5, 0.6) is 0 Å². The number of aliphatic hydroxyl groups is 2. The lowest BCUT2D eigenvalue weighted by molar-refractivity contribution is -0.161. The maximum Gasteiger partial charge on any atom is 0.330 e. The van der Waals surface area contributed by atoms with Crippen molar-refractivity contribution in [3.05, 3.63) is 139 Å². The molecule has 0 amide bonds. The van der Waals surface area contributed by atoms with E-state index in [-0.39, 0.29) is 177 Å². The van der Waals surface area contributed by atoms with Crippen molar-refractivity contribution >= 4 is 89.5 Å². The molecule has 684 valence electrons. The molecular formula is C84H131N5O32. The molecule has 0 aliphatic carbocycles. The molecule has 0 aliphatic rings. The first kappa shape index (κ1) is 118. The summed E-state index contributed by atoms with van der Waals surface area (Å²) in [5, 5.41) is 14.8. The molecule has 0 radical (unpaired) electrons. The average molecular weight is 1720 g/mol. The number of hydrogen-bond donors (Lipinski definition) is 5. The van der Waals surface area contributed by atoms with E-state index in [9.17, 15) is 71.9 Å². The van der Waals surface area contributed by atoms with Crippen molar-refractivity contribution in [2.24, 2.45) is 44.8 Å². The van der Waals surface area contributed by atoms with Crippen molar-refractivity contribution in [1.82, 2.24) is 9.80 Å². The highest BCUT2D eigenvalue weighted by Crippen LogP contribution is 2.29. The average Bonchev–Trinajstić information content (AvgIpc) is 0.881. The van der Waals surface area contributed by atoms with Gasteiger partial charge in [-0.3, -0.25) is 19.2 Å². The Morgan fingerprint density at radius 3 is 0.603 bits per heavy atom. The highest BCUT2D eigenvalue weighted by Gasteiger charge is 2.38. The standard InChI is InChI=1S/C64H92N2O24.C15H20O6.C2H8N2.C2H7NO.CH4O/c1-12-50(67)79-37-49(38-80-51(68)13-2)39-81-58(75)27-33-65(34-28-59(76)88-46-62(20-9,40-82-52(69)14-3)41-83-53(70)15-4)31-25-23-24-26-32-66(35-29-60(77)89-47-63(21-10,42-84-54(71)16-5)43-85-55(72)17-6)36-30-61(78)90-48-64(22-11,44-86-56(73)18-7)45-87-57(74)19-8;1-5-12(16)19-9-15(8-4,10-20-13(17)6-2)11-21-14(18)7-3;2*3-1-2-4;1-2/h12-19,49H,1-8,20-48H2,9-11H3;5-7H,1-3,8-11H2,4H3;1-4H2;4H,1-3H2;2H,1H3. The van der Waals surface area contributed by atoms with Crippen LogP contribution in [-0.2, 0) is 143 Å². The Morgan fingerprint density at radius 1 is 0.273 bits per heavy atom. The summed E-state index contributed by atoms with van der Waals surface area (Å²) in [6.45, 7) is 43.3. The van der Waals surface area contributed by atoms with Gasteiger partial charge in [0.2, 0.25) is 0 Å². The third kappa shape index (κ3) is 62.7. The molecule has 121 heavy (non-hydrogen) atoms. The van der Waals surface area contributed by atoms with Gasteiger partial charge >= 0.3 is 89.5 Å². The van der Waals surface area contributed by atoms with E-state index in [0.717, 1.165) is 73.9 Å². The SMILES string of the molecule is C=CC(=O)OCC(CC)(COC(=O)C=C)COC(=O)C=C.C=CC(=O)OCC(COC(=O)C=C)COC(=O)CCN(CCCCCCN(CCC(=O)OCC(CC)(COC(=O)C=C)COC(=O)C=C)CCC(=O)OCC(CC)(COC(=O)C=C)COC(=O)C=C)CCC(=O)OCC(CC)(COC(=O)C=C)COC(=O)C=C.CO.NCCN.NCCO. The molecule has 0 bridgehead atoms. The minimum atomic E-state index is -1.12. The summed E-state index contributed by atoms with van der Waals surface area (Å²) in [6, 6.07) is 0. The van der Waals surface area contributed by atoms with Gasteiger partial charge in [-0.2, -0.15) is 0 Å². The van der Waals surface area contributed by atoms with E-state index in [1.54, 1.807) is 27.7 Å². The maximum atomic E-state index is 13.4. The molecule has 0 rings (SSSR count). The lowest BCUT2D eigenvalue weighted by Crippen LogP contribution is -2.39. The first-order valence-corrected chi connectivity index (χ1v) is 38.6.